The molecule has 2 rings (SSSR count). The van der Waals surface area contributed by atoms with E-state index in [1.54, 1.807) is 25.5 Å². The summed E-state index contributed by atoms with van der Waals surface area (Å²) in [6.45, 7) is 1.76. The molecule has 0 aliphatic carbocycles. The number of carboxylic acid groups (broad SMARTS) is 1. The van der Waals surface area contributed by atoms with Gasteiger partial charge in [-0.15, -0.1) is 11.3 Å². The Morgan fingerprint density at radius 2 is 2.27 bits per heavy atom. The van der Waals surface area contributed by atoms with Crippen LogP contribution in [0.15, 0.2) is 18.6 Å². The molecular formula is C9H7N3O2S. The zero-order valence-electron chi connectivity index (χ0n) is 7.84. The van der Waals surface area contributed by atoms with Gasteiger partial charge in [0, 0.05) is 12.4 Å². The number of rotatable bonds is 2. The molecule has 0 aromatic carbocycles. The second kappa shape index (κ2) is 3.74. The Labute approximate surface area is 89.5 Å². The van der Waals surface area contributed by atoms with Crippen LogP contribution in [0.5, 0.6) is 0 Å². The summed E-state index contributed by atoms with van der Waals surface area (Å²) in [5.41, 5.74) is 1.32. The van der Waals surface area contributed by atoms with Crippen LogP contribution >= 0.6 is 11.3 Å². The summed E-state index contributed by atoms with van der Waals surface area (Å²) in [5.74, 6) is -1.02. The molecule has 0 saturated heterocycles. The quantitative estimate of drug-likeness (QED) is 0.833. The highest BCUT2D eigenvalue weighted by molar-refractivity contribution is 7.17. The lowest BCUT2D eigenvalue weighted by Gasteiger charge is -1.94. The van der Waals surface area contributed by atoms with E-state index in [-0.39, 0.29) is 5.01 Å². The monoisotopic (exact) mass is 221 g/mol. The van der Waals surface area contributed by atoms with Gasteiger partial charge in [-0.05, 0) is 6.92 Å². The number of aromatic nitrogens is 3. The normalized spacial score (nSPS) is 10.2. The van der Waals surface area contributed by atoms with E-state index in [9.17, 15) is 4.79 Å². The van der Waals surface area contributed by atoms with Crippen LogP contribution < -0.4 is 0 Å². The molecule has 6 heteroatoms. The topological polar surface area (TPSA) is 76.0 Å². The standard InChI is InChI=1S/C9H7N3O2S/c1-5-7(6-4-10-2-3-11-6)15-8(12-5)9(13)14/h2-4H,1H3,(H,13,14). The highest BCUT2D eigenvalue weighted by Crippen LogP contribution is 2.27. The lowest BCUT2D eigenvalue weighted by molar-refractivity contribution is 0.0696. The van der Waals surface area contributed by atoms with Gasteiger partial charge in [-0.25, -0.2) is 9.78 Å². The van der Waals surface area contributed by atoms with Gasteiger partial charge in [0.1, 0.15) is 5.69 Å². The third kappa shape index (κ3) is 1.84. The Hall–Kier alpha value is -1.82. The van der Waals surface area contributed by atoms with Crippen LogP contribution in [0.1, 0.15) is 15.5 Å². The van der Waals surface area contributed by atoms with Gasteiger partial charge >= 0.3 is 5.97 Å². The molecule has 1 N–H and O–H groups in total. The van der Waals surface area contributed by atoms with Crippen LogP contribution in [-0.2, 0) is 0 Å². The molecular weight excluding hydrogens is 214 g/mol. The van der Waals surface area contributed by atoms with Crippen molar-refractivity contribution >= 4 is 17.3 Å². The van der Waals surface area contributed by atoms with Crippen molar-refractivity contribution in [1.82, 2.24) is 15.0 Å². The van der Waals surface area contributed by atoms with E-state index >= 15 is 0 Å². The fourth-order valence-electron chi connectivity index (χ4n) is 1.14. The van der Waals surface area contributed by atoms with Crippen molar-refractivity contribution < 1.29 is 9.90 Å². The first-order chi connectivity index (χ1) is 7.18. The van der Waals surface area contributed by atoms with Crippen LogP contribution in [0.3, 0.4) is 0 Å². The molecule has 0 saturated carbocycles. The summed E-state index contributed by atoms with van der Waals surface area (Å²) >= 11 is 1.11. The Balaban J connectivity index is 2.50. The second-order valence-corrected chi connectivity index (χ2v) is 3.83. The SMILES string of the molecule is Cc1nc(C(=O)O)sc1-c1cnccn1. The highest BCUT2D eigenvalue weighted by atomic mass is 32.1. The van der Waals surface area contributed by atoms with Crippen molar-refractivity contribution in [2.75, 3.05) is 0 Å². The summed E-state index contributed by atoms with van der Waals surface area (Å²) in [6.07, 6.45) is 4.72. The predicted octanol–water partition coefficient (Wildman–Crippen LogP) is 1.61. The van der Waals surface area contributed by atoms with E-state index in [0.717, 1.165) is 16.2 Å². The fraction of sp³-hybridized carbons (Fsp3) is 0.111. The van der Waals surface area contributed by atoms with Gasteiger partial charge in [0.25, 0.3) is 0 Å². The average molecular weight is 221 g/mol. The van der Waals surface area contributed by atoms with Gasteiger partial charge in [0.15, 0.2) is 0 Å². The Bertz CT molecular complexity index is 495. The van der Waals surface area contributed by atoms with E-state index in [0.29, 0.717) is 11.4 Å². The van der Waals surface area contributed by atoms with Crippen molar-refractivity contribution in [1.29, 1.82) is 0 Å². The predicted molar refractivity (Wildman–Crippen MR) is 54.8 cm³/mol. The van der Waals surface area contributed by atoms with Crippen LogP contribution in [0.4, 0.5) is 0 Å². The summed E-state index contributed by atoms with van der Waals surface area (Å²) in [7, 11) is 0. The molecule has 0 aliphatic heterocycles. The third-order valence-corrected chi connectivity index (χ3v) is 2.94. The average Bonchev–Trinajstić information content (AvgIpc) is 2.62. The summed E-state index contributed by atoms with van der Waals surface area (Å²) < 4.78 is 0. The van der Waals surface area contributed by atoms with Crippen molar-refractivity contribution in [2.45, 2.75) is 6.92 Å². The lowest BCUT2D eigenvalue weighted by Crippen LogP contribution is -1.93. The number of thiazole rings is 1. The van der Waals surface area contributed by atoms with Crippen molar-refractivity contribution in [3.8, 4) is 10.6 Å². The molecule has 15 heavy (non-hydrogen) atoms. The van der Waals surface area contributed by atoms with E-state index in [2.05, 4.69) is 15.0 Å². The van der Waals surface area contributed by atoms with E-state index in [1.165, 1.54) is 0 Å². The maximum Gasteiger partial charge on any atom is 0.365 e. The van der Waals surface area contributed by atoms with Crippen molar-refractivity contribution in [3.05, 3.63) is 29.3 Å². The summed E-state index contributed by atoms with van der Waals surface area (Å²) in [6, 6.07) is 0. The molecule has 0 amide bonds. The molecule has 0 bridgehead atoms. The van der Waals surface area contributed by atoms with Crippen molar-refractivity contribution in [3.63, 3.8) is 0 Å². The van der Waals surface area contributed by atoms with Crippen LogP contribution in [-0.4, -0.2) is 26.0 Å². The number of nitrogens with zero attached hydrogens (tertiary/aromatic N) is 3. The molecule has 0 aliphatic rings. The van der Waals surface area contributed by atoms with Crippen LogP contribution in [0.2, 0.25) is 0 Å². The molecule has 2 aromatic heterocycles. The summed E-state index contributed by atoms with van der Waals surface area (Å²) in [4.78, 5) is 23.4. The largest absolute Gasteiger partial charge is 0.476 e. The van der Waals surface area contributed by atoms with E-state index < -0.39 is 5.97 Å². The van der Waals surface area contributed by atoms with Gasteiger partial charge in [-0.2, -0.15) is 0 Å². The smallest absolute Gasteiger partial charge is 0.365 e. The Morgan fingerprint density at radius 1 is 1.47 bits per heavy atom. The van der Waals surface area contributed by atoms with Gasteiger partial charge in [-0.1, -0.05) is 0 Å². The highest BCUT2D eigenvalue weighted by Gasteiger charge is 2.14. The molecule has 0 spiro atoms. The molecule has 0 fully saturated rings. The van der Waals surface area contributed by atoms with E-state index in [1.807, 2.05) is 0 Å². The van der Waals surface area contributed by atoms with E-state index in [4.69, 9.17) is 5.11 Å². The maximum absolute atomic E-state index is 10.7. The molecule has 2 aromatic rings. The molecule has 5 nitrogen and oxygen atoms in total. The third-order valence-electron chi connectivity index (χ3n) is 1.78. The molecule has 76 valence electrons. The zero-order valence-corrected chi connectivity index (χ0v) is 8.65. The van der Waals surface area contributed by atoms with Crippen molar-refractivity contribution in [2.24, 2.45) is 0 Å². The number of aromatic carboxylic acids is 1. The summed E-state index contributed by atoms with van der Waals surface area (Å²) in [5, 5.41) is 8.86. The van der Waals surface area contributed by atoms with Crippen LogP contribution in [0, 0.1) is 6.92 Å². The van der Waals surface area contributed by atoms with Gasteiger partial charge < -0.3 is 5.11 Å². The molecule has 2 heterocycles. The first-order valence-electron chi connectivity index (χ1n) is 4.15. The number of carboxylic acids is 1. The Morgan fingerprint density at radius 3 is 2.80 bits per heavy atom. The first kappa shape index (κ1) is 9.72. The molecule has 0 radical (unpaired) electrons. The van der Waals surface area contributed by atoms with Gasteiger partial charge in [-0.3, -0.25) is 9.97 Å². The minimum atomic E-state index is -1.02. The number of hydrogen-bond donors (Lipinski definition) is 1. The second-order valence-electron chi connectivity index (χ2n) is 2.83. The number of carbonyl (C=O) groups is 1. The lowest BCUT2D eigenvalue weighted by atomic mass is 10.3. The minimum Gasteiger partial charge on any atom is -0.476 e. The Kier molecular flexibility index (Phi) is 2.42. The van der Waals surface area contributed by atoms with Gasteiger partial charge in [0.05, 0.1) is 16.8 Å². The number of hydrogen-bond acceptors (Lipinski definition) is 5. The molecule has 0 unspecified atom stereocenters. The maximum atomic E-state index is 10.7. The number of aryl methyl sites for hydroxylation is 1. The van der Waals surface area contributed by atoms with Crippen LogP contribution in [0.25, 0.3) is 10.6 Å². The fourth-order valence-corrected chi connectivity index (χ4v) is 2.01. The molecule has 0 atom stereocenters. The minimum absolute atomic E-state index is 0.0770. The zero-order chi connectivity index (χ0) is 10.8. The first-order valence-corrected chi connectivity index (χ1v) is 4.97. The van der Waals surface area contributed by atoms with Gasteiger partial charge in [0.2, 0.25) is 5.01 Å².